The number of hydrogen-bond acceptors (Lipinski definition) is 3. The molecule has 0 N–H and O–H groups in total. The standard InChI is InChI=1S/C14H14N4/c1-9-3-6-12(7-10(9)2)18-14(11-4-5-11)13(8-15)16-17-18/h3,6-7,11H,4-5H2,1-2H3. The highest BCUT2D eigenvalue weighted by molar-refractivity contribution is 5.43. The van der Waals surface area contributed by atoms with Crippen LogP contribution in [0.15, 0.2) is 18.2 Å². The van der Waals surface area contributed by atoms with Crippen LogP contribution in [0.1, 0.15) is 41.3 Å². The molecule has 0 bridgehead atoms. The third-order valence-corrected chi connectivity index (χ3v) is 3.51. The second kappa shape index (κ2) is 3.95. The maximum absolute atomic E-state index is 9.09. The van der Waals surface area contributed by atoms with Crippen molar-refractivity contribution in [3.05, 3.63) is 40.7 Å². The van der Waals surface area contributed by atoms with E-state index >= 15 is 0 Å². The Labute approximate surface area is 106 Å². The van der Waals surface area contributed by atoms with E-state index in [0.29, 0.717) is 11.6 Å². The SMILES string of the molecule is Cc1ccc(-n2nnc(C#N)c2C2CC2)cc1C. The van der Waals surface area contributed by atoms with E-state index in [-0.39, 0.29) is 0 Å². The summed E-state index contributed by atoms with van der Waals surface area (Å²) in [4.78, 5) is 0. The summed E-state index contributed by atoms with van der Waals surface area (Å²) in [5.41, 5.74) is 4.92. The number of rotatable bonds is 2. The molecule has 1 fully saturated rings. The number of aryl methyl sites for hydroxylation is 2. The molecule has 1 aliphatic rings. The molecular formula is C14H14N4. The Morgan fingerprint density at radius 1 is 1.28 bits per heavy atom. The summed E-state index contributed by atoms with van der Waals surface area (Å²) in [5, 5.41) is 17.2. The molecular weight excluding hydrogens is 224 g/mol. The van der Waals surface area contributed by atoms with Crippen LogP contribution in [0.4, 0.5) is 0 Å². The van der Waals surface area contributed by atoms with Gasteiger partial charge in [0.1, 0.15) is 6.07 Å². The molecule has 0 aliphatic heterocycles. The summed E-state index contributed by atoms with van der Waals surface area (Å²) in [6, 6.07) is 8.34. The van der Waals surface area contributed by atoms with Crippen molar-refractivity contribution in [3.8, 4) is 11.8 Å². The molecule has 18 heavy (non-hydrogen) atoms. The first-order valence-corrected chi connectivity index (χ1v) is 6.14. The van der Waals surface area contributed by atoms with Crippen molar-refractivity contribution in [2.24, 2.45) is 0 Å². The second-order valence-corrected chi connectivity index (χ2v) is 4.89. The fourth-order valence-corrected chi connectivity index (χ4v) is 2.14. The summed E-state index contributed by atoms with van der Waals surface area (Å²) in [7, 11) is 0. The number of benzene rings is 1. The van der Waals surface area contributed by atoms with E-state index in [4.69, 9.17) is 5.26 Å². The lowest BCUT2D eigenvalue weighted by molar-refractivity contribution is 0.762. The number of nitriles is 1. The lowest BCUT2D eigenvalue weighted by Gasteiger charge is -2.07. The Balaban J connectivity index is 2.14. The monoisotopic (exact) mass is 238 g/mol. The molecule has 1 heterocycles. The predicted octanol–water partition coefficient (Wildman–Crippen LogP) is 2.63. The van der Waals surface area contributed by atoms with Gasteiger partial charge in [0.2, 0.25) is 0 Å². The normalized spacial score (nSPS) is 14.5. The van der Waals surface area contributed by atoms with Gasteiger partial charge in [-0.05, 0) is 49.9 Å². The van der Waals surface area contributed by atoms with Crippen LogP contribution in [0.2, 0.25) is 0 Å². The molecule has 3 rings (SSSR count). The van der Waals surface area contributed by atoms with E-state index in [2.05, 4.69) is 42.4 Å². The Hall–Kier alpha value is -2.15. The number of nitrogens with zero attached hydrogens (tertiary/aromatic N) is 4. The minimum Gasteiger partial charge on any atom is -0.216 e. The molecule has 0 spiro atoms. The second-order valence-electron chi connectivity index (χ2n) is 4.89. The third-order valence-electron chi connectivity index (χ3n) is 3.51. The predicted molar refractivity (Wildman–Crippen MR) is 67.5 cm³/mol. The van der Waals surface area contributed by atoms with Crippen LogP contribution in [0.25, 0.3) is 5.69 Å². The smallest absolute Gasteiger partial charge is 0.186 e. The van der Waals surface area contributed by atoms with Gasteiger partial charge in [-0.25, -0.2) is 4.68 Å². The lowest BCUT2D eigenvalue weighted by Crippen LogP contribution is -2.02. The molecule has 1 saturated carbocycles. The van der Waals surface area contributed by atoms with Gasteiger partial charge in [-0.2, -0.15) is 5.26 Å². The maximum atomic E-state index is 9.09. The Morgan fingerprint density at radius 2 is 2.06 bits per heavy atom. The average Bonchev–Trinajstić information content (AvgIpc) is 3.12. The first-order chi connectivity index (χ1) is 8.70. The van der Waals surface area contributed by atoms with Crippen LogP contribution < -0.4 is 0 Å². The number of hydrogen-bond donors (Lipinski definition) is 0. The quantitative estimate of drug-likeness (QED) is 0.808. The van der Waals surface area contributed by atoms with Crippen molar-refractivity contribution in [3.63, 3.8) is 0 Å². The molecule has 1 aromatic heterocycles. The molecule has 1 aliphatic carbocycles. The van der Waals surface area contributed by atoms with Gasteiger partial charge in [-0.1, -0.05) is 11.3 Å². The molecule has 0 atom stereocenters. The minimum absolute atomic E-state index is 0.455. The van der Waals surface area contributed by atoms with Crippen molar-refractivity contribution in [2.45, 2.75) is 32.6 Å². The van der Waals surface area contributed by atoms with Crippen LogP contribution in [0.3, 0.4) is 0 Å². The maximum Gasteiger partial charge on any atom is 0.186 e. The molecule has 0 saturated heterocycles. The lowest BCUT2D eigenvalue weighted by atomic mass is 10.1. The molecule has 90 valence electrons. The van der Waals surface area contributed by atoms with Crippen molar-refractivity contribution in [1.29, 1.82) is 5.26 Å². The molecule has 2 aromatic rings. The van der Waals surface area contributed by atoms with Crippen LogP contribution >= 0.6 is 0 Å². The van der Waals surface area contributed by atoms with Crippen molar-refractivity contribution >= 4 is 0 Å². The highest BCUT2D eigenvalue weighted by Gasteiger charge is 2.31. The van der Waals surface area contributed by atoms with Crippen LogP contribution in [0, 0.1) is 25.2 Å². The first kappa shape index (κ1) is 11.0. The zero-order valence-electron chi connectivity index (χ0n) is 10.5. The van der Waals surface area contributed by atoms with Crippen LogP contribution in [-0.2, 0) is 0 Å². The highest BCUT2D eigenvalue weighted by Crippen LogP contribution is 2.41. The first-order valence-electron chi connectivity index (χ1n) is 6.14. The fraction of sp³-hybridized carbons (Fsp3) is 0.357. The average molecular weight is 238 g/mol. The van der Waals surface area contributed by atoms with Gasteiger partial charge in [0.25, 0.3) is 0 Å². The van der Waals surface area contributed by atoms with E-state index in [1.54, 1.807) is 0 Å². The molecule has 0 unspecified atom stereocenters. The Kier molecular flexibility index (Phi) is 2.41. The summed E-state index contributed by atoms with van der Waals surface area (Å²) < 4.78 is 1.82. The van der Waals surface area contributed by atoms with Gasteiger partial charge in [0.05, 0.1) is 11.4 Å². The van der Waals surface area contributed by atoms with Crippen molar-refractivity contribution < 1.29 is 0 Å². The summed E-state index contributed by atoms with van der Waals surface area (Å²) in [6.45, 7) is 4.17. The van der Waals surface area contributed by atoms with E-state index < -0.39 is 0 Å². The van der Waals surface area contributed by atoms with Crippen molar-refractivity contribution in [1.82, 2.24) is 15.0 Å². The number of aromatic nitrogens is 3. The fourth-order valence-electron chi connectivity index (χ4n) is 2.14. The molecule has 4 nitrogen and oxygen atoms in total. The van der Waals surface area contributed by atoms with Gasteiger partial charge in [0, 0.05) is 5.92 Å². The highest BCUT2D eigenvalue weighted by atomic mass is 15.4. The van der Waals surface area contributed by atoms with Gasteiger partial charge in [-0.15, -0.1) is 5.10 Å². The van der Waals surface area contributed by atoms with Gasteiger partial charge in [-0.3, -0.25) is 0 Å². The van der Waals surface area contributed by atoms with E-state index in [9.17, 15) is 0 Å². The van der Waals surface area contributed by atoms with Gasteiger partial charge in [0.15, 0.2) is 5.69 Å². The van der Waals surface area contributed by atoms with Gasteiger partial charge < -0.3 is 0 Å². The topological polar surface area (TPSA) is 54.5 Å². The summed E-state index contributed by atoms with van der Waals surface area (Å²) in [6.07, 6.45) is 2.26. The van der Waals surface area contributed by atoms with Crippen LogP contribution in [-0.4, -0.2) is 15.0 Å². The van der Waals surface area contributed by atoms with E-state index in [1.807, 2.05) is 10.7 Å². The molecule has 0 radical (unpaired) electrons. The van der Waals surface area contributed by atoms with Crippen LogP contribution in [0.5, 0.6) is 0 Å². The minimum atomic E-state index is 0.455. The molecule has 4 heteroatoms. The Bertz CT molecular complexity index is 644. The summed E-state index contributed by atoms with van der Waals surface area (Å²) in [5.74, 6) is 0.455. The summed E-state index contributed by atoms with van der Waals surface area (Å²) >= 11 is 0. The van der Waals surface area contributed by atoms with E-state index in [0.717, 1.165) is 24.2 Å². The zero-order valence-corrected chi connectivity index (χ0v) is 10.5. The zero-order chi connectivity index (χ0) is 12.7. The van der Waals surface area contributed by atoms with Crippen molar-refractivity contribution in [2.75, 3.05) is 0 Å². The Morgan fingerprint density at radius 3 is 2.67 bits per heavy atom. The largest absolute Gasteiger partial charge is 0.216 e. The molecule has 0 amide bonds. The molecule has 1 aromatic carbocycles. The third kappa shape index (κ3) is 1.68. The van der Waals surface area contributed by atoms with E-state index in [1.165, 1.54) is 11.1 Å². The van der Waals surface area contributed by atoms with Gasteiger partial charge >= 0.3 is 0 Å².